The third kappa shape index (κ3) is 5.07. The average Bonchev–Trinajstić information content (AvgIpc) is 3.23. The van der Waals surface area contributed by atoms with Gasteiger partial charge in [0.2, 0.25) is 5.78 Å². The first kappa shape index (κ1) is 26.7. The number of nitrogens with one attached hydrogen (secondary N) is 1. The minimum Gasteiger partial charge on any atom is -0.494 e. The first-order chi connectivity index (χ1) is 17.6. The Hall–Kier alpha value is -3.40. The fourth-order valence-corrected chi connectivity index (χ4v) is 4.71. The molecule has 0 spiro atoms. The van der Waals surface area contributed by atoms with Gasteiger partial charge in [0.05, 0.1) is 38.2 Å². The van der Waals surface area contributed by atoms with Crippen molar-refractivity contribution >= 4 is 23.1 Å². The standard InChI is InChI=1S/C27H39N6O4/c1-9-37-24-17(2)18(3)25-32(30-26(28-7)33(25)29-24)16-22(34)19-14-20(27(4,5)6)23(35-8)21(15-19)31-10-12-36-13-11-31/h14-15H,9-13,16H2,1-8H3,(H,28,30)/q+1. The van der Waals surface area contributed by atoms with Crippen LogP contribution in [-0.4, -0.2) is 67.6 Å². The molecule has 10 heteroatoms. The lowest BCUT2D eigenvalue weighted by Gasteiger charge is -2.33. The molecule has 0 atom stereocenters. The zero-order chi connectivity index (χ0) is 26.9. The number of anilines is 2. The number of fused-ring (bicyclic) bond motifs is 1. The van der Waals surface area contributed by atoms with Gasteiger partial charge in [0, 0.05) is 36.8 Å². The van der Waals surface area contributed by atoms with Gasteiger partial charge in [-0.05, 0) is 48.5 Å². The summed E-state index contributed by atoms with van der Waals surface area (Å²) in [6, 6.07) is 3.91. The summed E-state index contributed by atoms with van der Waals surface area (Å²) < 4.78 is 20.6. The number of methoxy groups -OCH3 is 1. The molecule has 4 rings (SSSR count). The summed E-state index contributed by atoms with van der Waals surface area (Å²) in [7, 11) is 3.48. The second-order valence-corrected chi connectivity index (χ2v) is 10.3. The van der Waals surface area contributed by atoms with E-state index in [4.69, 9.17) is 14.2 Å². The highest BCUT2D eigenvalue weighted by atomic mass is 16.5. The molecule has 1 aromatic carbocycles. The molecule has 1 N–H and O–H groups in total. The number of aromatic nitrogens is 4. The van der Waals surface area contributed by atoms with Crippen LogP contribution in [0.4, 0.5) is 11.6 Å². The van der Waals surface area contributed by atoms with Gasteiger partial charge in [-0.15, -0.1) is 4.68 Å². The number of Topliss-reactive ketones (excluding diaryl/α,β-unsaturated/α-hetero) is 1. The van der Waals surface area contributed by atoms with Gasteiger partial charge in [-0.3, -0.25) is 4.79 Å². The number of benzene rings is 1. The van der Waals surface area contributed by atoms with Crippen molar-refractivity contribution in [2.75, 3.05) is 57.3 Å². The lowest BCUT2D eigenvalue weighted by molar-refractivity contribution is -0.714. The normalized spacial score (nSPS) is 14.2. The second kappa shape index (κ2) is 10.5. The molecule has 0 aliphatic carbocycles. The van der Waals surface area contributed by atoms with Crippen LogP contribution in [0.5, 0.6) is 11.6 Å². The molecule has 3 aromatic rings. The Morgan fingerprint density at radius 1 is 1.19 bits per heavy atom. The van der Waals surface area contributed by atoms with E-state index in [1.165, 1.54) is 0 Å². The monoisotopic (exact) mass is 511 g/mol. The molecule has 2 aromatic heterocycles. The Bertz CT molecular complexity index is 1300. The van der Waals surface area contributed by atoms with E-state index in [-0.39, 0.29) is 17.7 Å². The third-order valence-electron chi connectivity index (χ3n) is 6.82. The largest absolute Gasteiger partial charge is 0.494 e. The van der Waals surface area contributed by atoms with Gasteiger partial charge in [0.1, 0.15) is 5.75 Å². The van der Waals surface area contributed by atoms with E-state index in [0.717, 1.165) is 46.9 Å². The zero-order valence-electron chi connectivity index (χ0n) is 23.3. The molecule has 10 nitrogen and oxygen atoms in total. The highest BCUT2D eigenvalue weighted by Gasteiger charge is 2.30. The fraction of sp³-hybridized carbons (Fsp3) is 0.556. The summed E-state index contributed by atoms with van der Waals surface area (Å²) in [5.74, 6) is 1.86. The van der Waals surface area contributed by atoms with Crippen molar-refractivity contribution in [3.8, 4) is 11.6 Å². The van der Waals surface area contributed by atoms with Crippen molar-refractivity contribution < 1.29 is 23.7 Å². The fourth-order valence-electron chi connectivity index (χ4n) is 4.71. The van der Waals surface area contributed by atoms with E-state index in [1.54, 1.807) is 23.4 Å². The maximum absolute atomic E-state index is 13.8. The van der Waals surface area contributed by atoms with E-state index in [9.17, 15) is 4.79 Å². The van der Waals surface area contributed by atoms with E-state index < -0.39 is 0 Å². The van der Waals surface area contributed by atoms with Crippen molar-refractivity contribution in [1.82, 2.24) is 14.7 Å². The van der Waals surface area contributed by atoms with Gasteiger partial charge < -0.3 is 24.4 Å². The summed E-state index contributed by atoms with van der Waals surface area (Å²) >= 11 is 0. The molecule has 0 amide bonds. The number of rotatable bonds is 8. The predicted octanol–water partition coefficient (Wildman–Crippen LogP) is 3.10. The quantitative estimate of drug-likeness (QED) is 0.364. The topological polar surface area (TPSA) is 94.1 Å². The molecular weight excluding hydrogens is 472 g/mol. The van der Waals surface area contributed by atoms with Crippen molar-refractivity contribution in [1.29, 1.82) is 0 Å². The van der Waals surface area contributed by atoms with Gasteiger partial charge in [0.25, 0.3) is 5.88 Å². The lowest BCUT2D eigenvalue weighted by atomic mass is 9.84. The molecule has 37 heavy (non-hydrogen) atoms. The summed E-state index contributed by atoms with van der Waals surface area (Å²) in [5, 5.41) is 12.4. The molecule has 1 saturated heterocycles. The first-order valence-corrected chi connectivity index (χ1v) is 12.8. The summed E-state index contributed by atoms with van der Waals surface area (Å²) in [6.45, 7) is 15.7. The summed E-state index contributed by atoms with van der Waals surface area (Å²) in [4.78, 5) is 16.1. The van der Waals surface area contributed by atoms with Crippen LogP contribution in [-0.2, 0) is 16.7 Å². The van der Waals surface area contributed by atoms with Gasteiger partial charge in [-0.1, -0.05) is 25.3 Å². The number of aryl methyl sites for hydroxylation is 1. The molecular formula is C27H39N6O4+. The molecule has 0 unspecified atom stereocenters. The third-order valence-corrected chi connectivity index (χ3v) is 6.82. The number of nitrogens with zero attached hydrogens (tertiary/aromatic N) is 5. The number of hydrogen-bond acceptors (Lipinski definition) is 8. The Morgan fingerprint density at radius 3 is 2.49 bits per heavy atom. The average molecular weight is 512 g/mol. The van der Waals surface area contributed by atoms with Crippen molar-refractivity contribution in [3.63, 3.8) is 0 Å². The number of ether oxygens (including phenoxy) is 3. The smallest absolute Gasteiger partial charge is 0.357 e. The van der Waals surface area contributed by atoms with Gasteiger partial charge in [0.15, 0.2) is 6.54 Å². The number of morpholine rings is 1. The van der Waals surface area contributed by atoms with Crippen molar-refractivity contribution in [2.45, 2.75) is 53.5 Å². The Kier molecular flexibility index (Phi) is 7.59. The highest BCUT2D eigenvalue weighted by Crippen LogP contribution is 2.40. The second-order valence-electron chi connectivity index (χ2n) is 10.3. The number of ketones is 1. The van der Waals surface area contributed by atoms with Gasteiger partial charge in [-0.2, -0.15) is 0 Å². The Labute approximate surface area is 218 Å². The predicted molar refractivity (Wildman–Crippen MR) is 142 cm³/mol. The van der Waals surface area contributed by atoms with Crippen LogP contribution >= 0.6 is 0 Å². The van der Waals surface area contributed by atoms with Crippen LogP contribution < -0.4 is 24.4 Å². The molecule has 1 fully saturated rings. The van der Waals surface area contributed by atoms with Crippen molar-refractivity contribution in [3.05, 3.63) is 34.4 Å². The lowest BCUT2D eigenvalue weighted by Crippen LogP contribution is -2.41. The molecule has 0 saturated carbocycles. The maximum atomic E-state index is 13.8. The zero-order valence-corrected chi connectivity index (χ0v) is 23.3. The first-order valence-electron chi connectivity index (χ1n) is 12.8. The Balaban J connectivity index is 1.80. The SMILES string of the molecule is CCOc1nn2c(NC)n[n+](CC(=O)c3cc(N4CCOCC4)c(OC)c(C(C)(C)C)c3)c2c(C)c1C. The minimum absolute atomic E-state index is 0.0405. The molecule has 0 radical (unpaired) electrons. The van der Waals surface area contributed by atoms with Crippen LogP contribution in [0.3, 0.4) is 0 Å². The summed E-state index contributed by atoms with van der Waals surface area (Å²) in [6.07, 6.45) is 0. The van der Waals surface area contributed by atoms with E-state index >= 15 is 0 Å². The van der Waals surface area contributed by atoms with E-state index in [1.807, 2.05) is 32.9 Å². The van der Waals surface area contributed by atoms with Crippen LogP contribution in [0.15, 0.2) is 12.1 Å². The van der Waals surface area contributed by atoms with Crippen molar-refractivity contribution in [2.24, 2.45) is 0 Å². The minimum atomic E-state index is -0.219. The molecule has 3 heterocycles. The number of carbonyl (C=O) groups excluding carboxylic acids is 1. The maximum Gasteiger partial charge on any atom is 0.357 e. The molecule has 1 aliphatic heterocycles. The number of hydrogen-bond donors (Lipinski definition) is 1. The number of carbonyl (C=O) groups is 1. The van der Waals surface area contributed by atoms with E-state index in [2.05, 4.69) is 41.2 Å². The molecule has 0 bridgehead atoms. The van der Waals surface area contributed by atoms with Crippen LogP contribution in [0.25, 0.3) is 5.65 Å². The molecule has 1 aliphatic rings. The van der Waals surface area contributed by atoms with Crippen LogP contribution in [0.1, 0.15) is 54.7 Å². The van der Waals surface area contributed by atoms with Crippen LogP contribution in [0, 0.1) is 13.8 Å². The van der Waals surface area contributed by atoms with Crippen LogP contribution in [0.2, 0.25) is 0 Å². The van der Waals surface area contributed by atoms with Gasteiger partial charge >= 0.3 is 11.6 Å². The molecule has 200 valence electrons. The van der Waals surface area contributed by atoms with Gasteiger partial charge in [-0.25, -0.2) is 0 Å². The van der Waals surface area contributed by atoms with E-state index in [0.29, 0.717) is 37.2 Å². The Morgan fingerprint density at radius 2 is 1.89 bits per heavy atom. The summed E-state index contributed by atoms with van der Waals surface area (Å²) in [5.41, 5.74) is 4.95. The highest BCUT2D eigenvalue weighted by molar-refractivity contribution is 5.97.